The largest absolute Gasteiger partial charge is 0.494 e. The molecule has 2 N–H and O–H groups in total. The molecule has 194 valence electrons. The van der Waals surface area contributed by atoms with Crippen molar-refractivity contribution in [1.82, 2.24) is 0 Å². The van der Waals surface area contributed by atoms with Gasteiger partial charge >= 0.3 is 0 Å². The van der Waals surface area contributed by atoms with Crippen molar-refractivity contribution in [2.75, 3.05) is 17.2 Å². The number of hydrogen-bond donors (Lipinski definition) is 2. The molecule has 38 heavy (non-hydrogen) atoms. The molecule has 2 amide bonds. The molecule has 1 atom stereocenters. The van der Waals surface area contributed by atoms with E-state index < -0.39 is 11.1 Å². The van der Waals surface area contributed by atoms with E-state index in [0.29, 0.717) is 23.5 Å². The van der Waals surface area contributed by atoms with E-state index in [-0.39, 0.29) is 11.8 Å². The first kappa shape index (κ1) is 26.9. The number of thioether (sulfide) groups is 1. The molecular weight excluding hydrogens is 499 g/mol. The van der Waals surface area contributed by atoms with Crippen LogP contribution >= 0.6 is 11.8 Å². The number of nitrogens with one attached hydrogen (secondary N) is 2. The molecule has 0 aliphatic rings. The summed E-state index contributed by atoms with van der Waals surface area (Å²) in [5.74, 6) is -0.139. The van der Waals surface area contributed by atoms with Gasteiger partial charge in [0.05, 0.1) is 6.61 Å². The molecule has 7 heteroatoms. The summed E-state index contributed by atoms with van der Waals surface area (Å²) in [7, 11) is 0. The van der Waals surface area contributed by atoms with Gasteiger partial charge in [0.25, 0.3) is 5.91 Å². The smallest absolute Gasteiger partial charge is 0.255 e. The summed E-state index contributed by atoms with van der Waals surface area (Å²) in [4.78, 5) is 26.8. The first-order chi connectivity index (χ1) is 18.5. The zero-order chi connectivity index (χ0) is 26.7. The number of hydrogen-bond acceptors (Lipinski definition) is 4. The molecule has 0 heterocycles. The number of benzene rings is 4. The standard InChI is InChI=1S/C31H29FN2O3S/c1-2-3-20-37-27-18-16-25(17-19-27)33-31(36)29(22-8-5-4-6-9-22)38-28-11-7-10-26(21-28)34-30(35)23-12-14-24(32)15-13-23/h4-19,21,29H,2-3,20H2,1H3,(H,33,36)(H,34,35). The fourth-order valence-electron chi connectivity index (χ4n) is 3.67. The predicted molar refractivity (Wildman–Crippen MR) is 151 cm³/mol. The van der Waals surface area contributed by atoms with Crippen LogP contribution in [0.3, 0.4) is 0 Å². The normalized spacial score (nSPS) is 11.4. The van der Waals surface area contributed by atoms with Crippen molar-refractivity contribution in [2.45, 2.75) is 29.9 Å². The van der Waals surface area contributed by atoms with Gasteiger partial charge in [-0.3, -0.25) is 9.59 Å². The first-order valence-electron chi connectivity index (χ1n) is 12.4. The quantitative estimate of drug-likeness (QED) is 0.154. The monoisotopic (exact) mass is 528 g/mol. The third-order valence-corrected chi connectivity index (χ3v) is 6.93. The lowest BCUT2D eigenvalue weighted by molar-refractivity contribution is -0.115. The Labute approximate surface area is 226 Å². The van der Waals surface area contributed by atoms with Crippen molar-refractivity contribution < 1.29 is 18.7 Å². The van der Waals surface area contributed by atoms with Crippen LogP contribution in [0.5, 0.6) is 5.75 Å². The Morgan fingerprint density at radius 3 is 2.29 bits per heavy atom. The third-order valence-electron chi connectivity index (χ3n) is 5.68. The minimum absolute atomic E-state index is 0.165. The highest BCUT2D eigenvalue weighted by molar-refractivity contribution is 8.00. The molecule has 0 spiro atoms. The molecule has 0 radical (unpaired) electrons. The topological polar surface area (TPSA) is 67.4 Å². The summed E-state index contributed by atoms with van der Waals surface area (Å²) in [6.45, 7) is 2.78. The van der Waals surface area contributed by atoms with Gasteiger partial charge in [0.15, 0.2) is 0 Å². The van der Waals surface area contributed by atoms with Crippen molar-refractivity contribution in [1.29, 1.82) is 0 Å². The molecule has 1 unspecified atom stereocenters. The van der Waals surface area contributed by atoms with Gasteiger partial charge in [-0.15, -0.1) is 11.8 Å². The van der Waals surface area contributed by atoms with Gasteiger partial charge in [0.2, 0.25) is 5.91 Å². The number of carbonyl (C=O) groups excluding carboxylic acids is 2. The van der Waals surface area contributed by atoms with E-state index in [1.54, 1.807) is 6.07 Å². The number of carbonyl (C=O) groups is 2. The second-order valence-electron chi connectivity index (χ2n) is 8.61. The lowest BCUT2D eigenvalue weighted by Crippen LogP contribution is -2.19. The van der Waals surface area contributed by atoms with Gasteiger partial charge in [-0.2, -0.15) is 0 Å². The van der Waals surface area contributed by atoms with Gasteiger partial charge in [-0.05, 0) is 78.7 Å². The molecule has 4 aromatic carbocycles. The Hall–Kier alpha value is -4.10. The van der Waals surface area contributed by atoms with E-state index in [2.05, 4.69) is 17.6 Å². The van der Waals surface area contributed by atoms with Crippen LogP contribution in [-0.4, -0.2) is 18.4 Å². The maximum absolute atomic E-state index is 13.4. The first-order valence-corrected chi connectivity index (χ1v) is 13.3. The Morgan fingerprint density at radius 2 is 1.58 bits per heavy atom. The SMILES string of the molecule is CCCCOc1ccc(NC(=O)C(Sc2cccc(NC(=O)c3ccc(F)cc3)c2)c2ccccc2)cc1. The minimum atomic E-state index is -0.528. The van der Waals surface area contributed by atoms with Crippen molar-refractivity contribution in [3.05, 3.63) is 120 Å². The van der Waals surface area contributed by atoms with Crippen molar-refractivity contribution >= 4 is 35.0 Å². The lowest BCUT2D eigenvalue weighted by atomic mass is 10.1. The summed E-state index contributed by atoms with van der Waals surface area (Å²) >= 11 is 1.39. The van der Waals surface area contributed by atoms with Crippen molar-refractivity contribution in [3.8, 4) is 5.75 Å². The van der Waals surface area contributed by atoms with Gasteiger partial charge < -0.3 is 15.4 Å². The van der Waals surface area contributed by atoms with Crippen LogP contribution < -0.4 is 15.4 Å². The van der Waals surface area contributed by atoms with E-state index in [1.165, 1.54) is 36.0 Å². The molecule has 0 aromatic heterocycles. The van der Waals surface area contributed by atoms with Crippen LogP contribution in [0.25, 0.3) is 0 Å². The fourth-order valence-corrected chi connectivity index (χ4v) is 4.75. The van der Waals surface area contributed by atoms with Gasteiger partial charge in [-0.1, -0.05) is 49.7 Å². The minimum Gasteiger partial charge on any atom is -0.494 e. The second kappa shape index (κ2) is 13.4. The number of rotatable bonds is 11. The molecule has 4 rings (SSSR count). The Bertz CT molecular complexity index is 1350. The summed E-state index contributed by atoms with van der Waals surface area (Å²) in [5, 5.41) is 5.32. The number of anilines is 2. The number of ether oxygens (including phenoxy) is 1. The zero-order valence-electron chi connectivity index (χ0n) is 21.0. The van der Waals surface area contributed by atoms with Gasteiger partial charge in [-0.25, -0.2) is 4.39 Å². The Morgan fingerprint density at radius 1 is 0.842 bits per heavy atom. The van der Waals surface area contributed by atoms with E-state index in [1.807, 2.05) is 72.8 Å². The molecule has 0 aliphatic carbocycles. The maximum atomic E-state index is 13.4. The van der Waals surface area contributed by atoms with E-state index in [9.17, 15) is 14.0 Å². The highest BCUT2D eigenvalue weighted by atomic mass is 32.2. The molecule has 0 fully saturated rings. The zero-order valence-corrected chi connectivity index (χ0v) is 21.8. The van der Waals surface area contributed by atoms with Crippen LogP contribution in [0.1, 0.15) is 40.9 Å². The van der Waals surface area contributed by atoms with E-state index >= 15 is 0 Å². The number of halogens is 1. The summed E-state index contributed by atoms with van der Waals surface area (Å²) in [6, 6.07) is 29.6. The second-order valence-corrected chi connectivity index (χ2v) is 9.79. The fraction of sp³-hybridized carbons (Fsp3) is 0.161. The van der Waals surface area contributed by atoms with Crippen LogP contribution in [0.15, 0.2) is 108 Å². The lowest BCUT2D eigenvalue weighted by Gasteiger charge is -2.18. The molecule has 0 saturated heterocycles. The van der Waals surface area contributed by atoms with E-state index in [0.717, 1.165) is 29.1 Å². The average Bonchev–Trinajstić information content (AvgIpc) is 2.94. The molecule has 0 bridgehead atoms. The predicted octanol–water partition coefficient (Wildman–Crippen LogP) is 7.73. The molecule has 5 nitrogen and oxygen atoms in total. The number of unbranched alkanes of at least 4 members (excludes halogenated alkanes) is 1. The van der Waals surface area contributed by atoms with E-state index in [4.69, 9.17) is 4.74 Å². The van der Waals surface area contributed by atoms with Crippen LogP contribution in [0.4, 0.5) is 15.8 Å². The summed E-state index contributed by atoms with van der Waals surface area (Å²) in [5.41, 5.74) is 2.47. The number of amides is 2. The van der Waals surface area contributed by atoms with Crippen LogP contribution in [0.2, 0.25) is 0 Å². The van der Waals surface area contributed by atoms with Gasteiger partial charge in [0.1, 0.15) is 16.8 Å². The van der Waals surface area contributed by atoms with Crippen LogP contribution in [0, 0.1) is 5.82 Å². The highest BCUT2D eigenvalue weighted by Crippen LogP contribution is 2.37. The summed E-state index contributed by atoms with van der Waals surface area (Å²) < 4.78 is 18.9. The highest BCUT2D eigenvalue weighted by Gasteiger charge is 2.22. The van der Waals surface area contributed by atoms with Gasteiger partial charge in [0, 0.05) is 21.8 Å². The van der Waals surface area contributed by atoms with Crippen molar-refractivity contribution in [2.24, 2.45) is 0 Å². The Balaban J connectivity index is 1.47. The Kier molecular flexibility index (Phi) is 9.54. The van der Waals surface area contributed by atoms with Crippen LogP contribution in [-0.2, 0) is 4.79 Å². The van der Waals surface area contributed by atoms with Crippen molar-refractivity contribution in [3.63, 3.8) is 0 Å². The molecule has 0 saturated carbocycles. The maximum Gasteiger partial charge on any atom is 0.255 e. The third kappa shape index (κ3) is 7.70. The molecule has 0 aliphatic heterocycles. The molecular formula is C31H29FN2O3S. The summed E-state index contributed by atoms with van der Waals surface area (Å²) in [6.07, 6.45) is 2.06. The average molecular weight is 529 g/mol. The molecule has 4 aromatic rings.